The van der Waals surface area contributed by atoms with Crippen LogP contribution in [0.5, 0.6) is 0 Å². The summed E-state index contributed by atoms with van der Waals surface area (Å²) in [5, 5.41) is 7.36. The highest BCUT2D eigenvalue weighted by Crippen LogP contribution is 2.39. The molecule has 12 heteroatoms. The Labute approximate surface area is 199 Å². The topological polar surface area (TPSA) is 102 Å². The molecule has 0 fully saturated rings. The van der Waals surface area contributed by atoms with Gasteiger partial charge in [-0.3, -0.25) is 9.59 Å². The second-order valence-corrected chi connectivity index (χ2v) is 8.14. The first-order valence-electron chi connectivity index (χ1n) is 10.6. The van der Waals surface area contributed by atoms with Crippen LogP contribution in [0.3, 0.4) is 0 Å². The number of halogens is 4. The first-order chi connectivity index (χ1) is 15.9. The van der Waals surface area contributed by atoms with Crippen molar-refractivity contribution in [2.24, 2.45) is 0 Å². The molecule has 1 unspecified atom stereocenters. The fourth-order valence-corrected chi connectivity index (χ4v) is 3.12. The molecule has 0 saturated carbocycles. The molecule has 0 spiro atoms. The van der Waals surface area contributed by atoms with Gasteiger partial charge in [0, 0.05) is 0 Å². The third-order valence-corrected chi connectivity index (χ3v) is 5.30. The Morgan fingerprint density at radius 2 is 1.76 bits per heavy atom. The molecule has 0 radical (unpaired) electrons. The van der Waals surface area contributed by atoms with Gasteiger partial charge in [-0.2, -0.15) is 13.2 Å². The van der Waals surface area contributed by atoms with Gasteiger partial charge < -0.3 is 11.1 Å². The summed E-state index contributed by atoms with van der Waals surface area (Å²) >= 11 is 0.510. The lowest BCUT2D eigenvalue weighted by atomic mass is 10.2. The van der Waals surface area contributed by atoms with Crippen LogP contribution in [0.15, 0.2) is 29.8 Å². The molecule has 0 aliphatic carbocycles. The van der Waals surface area contributed by atoms with Crippen molar-refractivity contribution >= 4 is 40.2 Å². The van der Waals surface area contributed by atoms with Crippen molar-refractivity contribution in [1.29, 1.82) is 0 Å². The average Bonchev–Trinajstić information content (AvgIpc) is 3.39. The quantitative estimate of drug-likeness (QED) is 0.310. The molecule has 0 aliphatic rings. The van der Waals surface area contributed by atoms with Gasteiger partial charge in [0.05, 0.1) is 17.4 Å². The molecule has 34 heavy (non-hydrogen) atoms. The maximum atomic E-state index is 12.8. The van der Waals surface area contributed by atoms with Gasteiger partial charge in [-0.15, -0.1) is 16.4 Å². The fourth-order valence-electron chi connectivity index (χ4n) is 2.40. The van der Waals surface area contributed by atoms with E-state index in [4.69, 9.17) is 5.73 Å². The Kier molecular flexibility index (Phi) is 11.6. The molecule has 7 nitrogen and oxygen atoms in total. The maximum Gasteiger partial charge on any atom is 0.427 e. The normalized spacial score (nSPS) is 11.6. The number of Topliss-reactive ketones (excluding diaryl/α,β-unsaturated/α-hetero) is 1. The highest BCUT2D eigenvalue weighted by atomic mass is 32.1. The first kappa shape index (κ1) is 29.0. The maximum absolute atomic E-state index is 12.8. The van der Waals surface area contributed by atoms with Crippen LogP contribution < -0.4 is 11.1 Å². The number of ketones is 1. The number of hydrogen-bond donors (Lipinski definition) is 2. The van der Waals surface area contributed by atoms with Crippen molar-refractivity contribution in [2.75, 3.05) is 11.1 Å². The lowest BCUT2D eigenvalue weighted by Gasteiger charge is -2.09. The molecule has 0 aromatic carbocycles. The van der Waals surface area contributed by atoms with Gasteiger partial charge in [-0.05, 0) is 37.4 Å². The van der Waals surface area contributed by atoms with Gasteiger partial charge in [-0.1, -0.05) is 39.5 Å². The second kappa shape index (κ2) is 13.6. The largest absolute Gasteiger partial charge is 0.427 e. The lowest BCUT2D eigenvalue weighted by Crippen LogP contribution is -2.17. The summed E-state index contributed by atoms with van der Waals surface area (Å²) in [5.74, 6) is -1.18. The summed E-state index contributed by atoms with van der Waals surface area (Å²) < 4.78 is 51.1. The minimum absolute atomic E-state index is 0.0516. The van der Waals surface area contributed by atoms with Gasteiger partial charge >= 0.3 is 6.18 Å². The van der Waals surface area contributed by atoms with E-state index in [0.717, 1.165) is 0 Å². The van der Waals surface area contributed by atoms with Crippen LogP contribution in [-0.2, 0) is 11.0 Å². The predicted octanol–water partition coefficient (Wildman–Crippen LogP) is 6.16. The van der Waals surface area contributed by atoms with Crippen molar-refractivity contribution in [2.45, 2.75) is 65.7 Å². The number of hydrogen-bond acceptors (Lipinski definition) is 6. The number of nitrogens with one attached hydrogen (secondary N) is 1. The molecule has 1 atom stereocenters. The zero-order chi connectivity index (χ0) is 25.9. The number of rotatable bonds is 6. The van der Waals surface area contributed by atoms with E-state index in [1.165, 1.54) is 67.8 Å². The van der Waals surface area contributed by atoms with Crippen LogP contribution in [0, 0.1) is 0 Å². The molecular weight excluding hydrogens is 474 g/mol. The van der Waals surface area contributed by atoms with E-state index in [2.05, 4.69) is 29.2 Å². The number of nitrogens with zero attached hydrogens (tertiary/aromatic N) is 3. The zero-order valence-corrected chi connectivity index (χ0v) is 20.3. The Bertz CT molecular complexity index is 1060. The minimum Gasteiger partial charge on any atom is -0.367 e. The summed E-state index contributed by atoms with van der Waals surface area (Å²) in [5.41, 5.74) is 5.71. The van der Waals surface area contributed by atoms with Crippen molar-refractivity contribution in [3.8, 4) is 0 Å². The number of aromatic nitrogens is 3. The number of unbranched alkanes of at least 4 members (excludes halogenated alkanes) is 3. The van der Waals surface area contributed by atoms with Crippen molar-refractivity contribution in [3.63, 3.8) is 0 Å². The smallest absolute Gasteiger partial charge is 0.367 e. The van der Waals surface area contributed by atoms with E-state index >= 15 is 0 Å². The Morgan fingerprint density at radius 3 is 2.26 bits per heavy atom. The number of carbonyl (C=O) groups excluding carboxylic acids is 2. The SMILES string of the molecule is CC(=O)C(C)F.CCCCCC.Nc1ncc2ccc(C(=O)Nc3ccsc3C(F)(F)F)n2n1. The number of anilines is 2. The van der Waals surface area contributed by atoms with E-state index < -0.39 is 28.9 Å². The Morgan fingerprint density at radius 1 is 1.18 bits per heavy atom. The van der Waals surface area contributed by atoms with Gasteiger partial charge in [0.15, 0.2) is 12.0 Å². The van der Waals surface area contributed by atoms with E-state index in [-0.39, 0.29) is 17.3 Å². The van der Waals surface area contributed by atoms with Crippen molar-refractivity contribution in [1.82, 2.24) is 14.6 Å². The Balaban J connectivity index is 0.000000401. The molecule has 188 valence electrons. The van der Waals surface area contributed by atoms with Crippen molar-refractivity contribution in [3.05, 3.63) is 40.3 Å². The zero-order valence-electron chi connectivity index (χ0n) is 19.4. The van der Waals surface area contributed by atoms with Crippen LogP contribution in [0.25, 0.3) is 5.52 Å². The molecule has 1 amide bonds. The molecule has 0 aliphatic heterocycles. The number of nitrogens with two attached hydrogens (primary N) is 1. The number of thiophene rings is 1. The molecule has 0 bridgehead atoms. The molecule has 3 N–H and O–H groups in total. The molecule has 3 aromatic heterocycles. The highest BCUT2D eigenvalue weighted by Gasteiger charge is 2.35. The van der Waals surface area contributed by atoms with Crippen LogP contribution >= 0.6 is 11.3 Å². The van der Waals surface area contributed by atoms with Gasteiger partial charge in [-0.25, -0.2) is 13.9 Å². The van der Waals surface area contributed by atoms with Crippen molar-refractivity contribution < 1.29 is 27.2 Å². The molecule has 3 heterocycles. The summed E-state index contributed by atoms with van der Waals surface area (Å²) in [6, 6.07) is 4.19. The summed E-state index contributed by atoms with van der Waals surface area (Å²) in [6.45, 7) is 6.91. The average molecular weight is 504 g/mol. The predicted molar refractivity (Wildman–Crippen MR) is 126 cm³/mol. The summed E-state index contributed by atoms with van der Waals surface area (Å²) in [7, 11) is 0. The number of carbonyl (C=O) groups is 2. The molecule has 0 saturated heterocycles. The summed E-state index contributed by atoms with van der Waals surface area (Å²) in [4.78, 5) is 24.9. The Hall–Kier alpha value is -3.02. The van der Waals surface area contributed by atoms with E-state index in [1.807, 2.05) is 0 Å². The third-order valence-electron chi connectivity index (χ3n) is 4.34. The first-order valence-corrected chi connectivity index (χ1v) is 11.5. The van der Waals surface area contributed by atoms with E-state index in [0.29, 0.717) is 16.9 Å². The van der Waals surface area contributed by atoms with Crippen LogP contribution in [0.4, 0.5) is 29.2 Å². The van der Waals surface area contributed by atoms with E-state index in [1.54, 1.807) is 6.07 Å². The van der Waals surface area contributed by atoms with Gasteiger partial charge in [0.2, 0.25) is 5.95 Å². The fraction of sp³-hybridized carbons (Fsp3) is 0.455. The molecule has 3 aromatic rings. The standard InChI is InChI=1S/C12H8F3N5OS.C6H14.C4H7FO/c13-12(14,15)9-7(3-4-22-9)18-10(21)8-2-1-6-5-17-11(16)19-20(6)8;1-3-5-6-4-2;1-3(5)4(2)6/h1-5H,(H2,16,19)(H,18,21);3-6H2,1-2H3;3H,1-2H3. The summed E-state index contributed by atoms with van der Waals surface area (Å²) in [6.07, 6.45) is 1.13. The van der Waals surface area contributed by atoms with Crippen LogP contribution in [0.1, 0.15) is 68.7 Å². The van der Waals surface area contributed by atoms with Crippen LogP contribution in [-0.4, -0.2) is 32.5 Å². The number of nitrogen functional groups attached to an aromatic ring is 1. The molecule has 3 rings (SSSR count). The number of fused-ring (bicyclic) bond motifs is 1. The highest BCUT2D eigenvalue weighted by molar-refractivity contribution is 7.10. The minimum atomic E-state index is -4.52. The number of amides is 1. The lowest BCUT2D eigenvalue weighted by molar-refractivity contribution is -0.133. The monoisotopic (exact) mass is 503 g/mol. The van der Waals surface area contributed by atoms with Crippen LogP contribution in [0.2, 0.25) is 0 Å². The number of alkyl halides is 4. The van der Waals surface area contributed by atoms with Gasteiger partial charge in [0.1, 0.15) is 10.6 Å². The third kappa shape index (κ3) is 9.08. The second-order valence-electron chi connectivity index (χ2n) is 7.22. The van der Waals surface area contributed by atoms with E-state index in [9.17, 15) is 27.2 Å². The van der Waals surface area contributed by atoms with Gasteiger partial charge in [0.25, 0.3) is 5.91 Å². The molecular formula is C22H29F4N5O2S.